The fourth-order valence-corrected chi connectivity index (χ4v) is 3.10. The third-order valence-corrected chi connectivity index (χ3v) is 4.55. The molecule has 1 aliphatic carbocycles. The van der Waals surface area contributed by atoms with Crippen molar-refractivity contribution in [2.75, 3.05) is 5.75 Å². The Morgan fingerprint density at radius 3 is 2.60 bits per heavy atom. The summed E-state index contributed by atoms with van der Waals surface area (Å²) in [6.45, 7) is 2.03. The average Bonchev–Trinajstić information content (AvgIpc) is 2.87. The van der Waals surface area contributed by atoms with Crippen LogP contribution >= 0.6 is 11.8 Å². The largest absolute Gasteiger partial charge is 0.481 e. The van der Waals surface area contributed by atoms with Crippen LogP contribution < -0.4 is 5.32 Å². The lowest BCUT2D eigenvalue weighted by atomic mass is 10.1. The molecule has 4 nitrogen and oxygen atoms in total. The standard InChI is InChI=1S/C15H19NO3S/c1-10-2-6-13(7-3-10)20-9-14(17)16-12-5-4-11(8-12)15(18)19/h2-3,6-7,11-12H,4-5,8-9H2,1H3,(H,16,17)(H,18,19)/t11-,12+/m1/s1. The van der Waals surface area contributed by atoms with Crippen LogP contribution in [0.2, 0.25) is 0 Å². The van der Waals surface area contributed by atoms with Gasteiger partial charge in [0.15, 0.2) is 0 Å². The zero-order valence-corrected chi connectivity index (χ0v) is 12.3. The van der Waals surface area contributed by atoms with Gasteiger partial charge in [-0.3, -0.25) is 9.59 Å². The van der Waals surface area contributed by atoms with Crippen LogP contribution in [0, 0.1) is 12.8 Å². The zero-order valence-electron chi connectivity index (χ0n) is 11.5. The highest BCUT2D eigenvalue weighted by Gasteiger charge is 2.30. The van der Waals surface area contributed by atoms with Gasteiger partial charge >= 0.3 is 5.97 Å². The van der Waals surface area contributed by atoms with Gasteiger partial charge in [-0.2, -0.15) is 0 Å². The second-order valence-electron chi connectivity index (χ2n) is 5.21. The summed E-state index contributed by atoms with van der Waals surface area (Å²) in [5.74, 6) is -0.704. The molecule has 0 aromatic heterocycles. The number of rotatable bonds is 5. The summed E-state index contributed by atoms with van der Waals surface area (Å²) in [6.07, 6.45) is 1.97. The van der Waals surface area contributed by atoms with E-state index < -0.39 is 5.97 Å². The molecule has 0 spiro atoms. The van der Waals surface area contributed by atoms with Crippen LogP contribution in [0.3, 0.4) is 0 Å². The topological polar surface area (TPSA) is 66.4 Å². The lowest BCUT2D eigenvalue weighted by Gasteiger charge is -2.12. The normalized spacial score (nSPS) is 21.6. The molecule has 0 heterocycles. The Bertz CT molecular complexity index is 486. The Labute approximate surface area is 123 Å². The fourth-order valence-electron chi connectivity index (χ4n) is 2.39. The van der Waals surface area contributed by atoms with Crippen molar-refractivity contribution in [2.24, 2.45) is 5.92 Å². The Morgan fingerprint density at radius 1 is 1.30 bits per heavy atom. The average molecular weight is 293 g/mol. The number of nitrogens with one attached hydrogen (secondary N) is 1. The van der Waals surface area contributed by atoms with Crippen LogP contribution in [0.4, 0.5) is 0 Å². The first kappa shape index (κ1) is 14.9. The highest BCUT2D eigenvalue weighted by atomic mass is 32.2. The maximum Gasteiger partial charge on any atom is 0.306 e. The Hall–Kier alpha value is -1.49. The summed E-state index contributed by atoms with van der Waals surface area (Å²) in [5, 5.41) is 11.8. The van der Waals surface area contributed by atoms with Crippen LogP contribution in [0.1, 0.15) is 24.8 Å². The van der Waals surface area contributed by atoms with Crippen molar-refractivity contribution in [3.05, 3.63) is 29.8 Å². The molecule has 1 fully saturated rings. The van der Waals surface area contributed by atoms with Crippen LogP contribution in [-0.2, 0) is 9.59 Å². The van der Waals surface area contributed by atoms with E-state index in [2.05, 4.69) is 5.32 Å². The van der Waals surface area contributed by atoms with Crippen molar-refractivity contribution in [3.63, 3.8) is 0 Å². The Kier molecular flexibility index (Phi) is 5.06. The number of carbonyl (C=O) groups is 2. The summed E-state index contributed by atoms with van der Waals surface area (Å²) in [5.41, 5.74) is 1.20. The number of hydrogen-bond donors (Lipinski definition) is 2. The molecule has 5 heteroatoms. The molecule has 1 saturated carbocycles. The quantitative estimate of drug-likeness (QED) is 0.818. The van der Waals surface area contributed by atoms with Gasteiger partial charge in [0.05, 0.1) is 11.7 Å². The first-order valence-electron chi connectivity index (χ1n) is 6.76. The van der Waals surface area contributed by atoms with Crippen LogP contribution in [0.5, 0.6) is 0 Å². The molecule has 2 N–H and O–H groups in total. The van der Waals surface area contributed by atoms with Crippen molar-refractivity contribution in [1.82, 2.24) is 5.32 Å². The molecule has 0 aliphatic heterocycles. The highest BCUT2D eigenvalue weighted by Crippen LogP contribution is 2.26. The minimum absolute atomic E-state index is 0.0159. The number of carboxylic acids is 1. The Balaban J connectivity index is 1.73. The van der Waals surface area contributed by atoms with Gasteiger partial charge in [0, 0.05) is 10.9 Å². The number of benzene rings is 1. The molecule has 0 bridgehead atoms. The van der Waals surface area contributed by atoms with E-state index in [1.165, 1.54) is 17.3 Å². The third kappa shape index (κ3) is 4.27. The SMILES string of the molecule is Cc1ccc(SCC(=O)N[C@H]2CC[C@@H](C(=O)O)C2)cc1. The van der Waals surface area contributed by atoms with Crippen molar-refractivity contribution >= 4 is 23.6 Å². The third-order valence-electron chi connectivity index (χ3n) is 3.54. The maximum absolute atomic E-state index is 11.8. The molecule has 1 aromatic rings. The number of aryl methyl sites for hydroxylation is 1. The zero-order chi connectivity index (χ0) is 14.5. The lowest BCUT2D eigenvalue weighted by molar-refractivity contribution is -0.141. The van der Waals surface area contributed by atoms with Crippen molar-refractivity contribution in [3.8, 4) is 0 Å². The predicted octanol–water partition coefficient (Wildman–Crippen LogP) is 2.46. The van der Waals surface area contributed by atoms with Gasteiger partial charge in [-0.1, -0.05) is 17.7 Å². The van der Waals surface area contributed by atoms with Gasteiger partial charge in [-0.25, -0.2) is 0 Å². The van der Waals surface area contributed by atoms with Gasteiger partial charge in [-0.05, 0) is 38.3 Å². The minimum Gasteiger partial charge on any atom is -0.481 e. The summed E-state index contributed by atoms with van der Waals surface area (Å²) in [7, 11) is 0. The fraction of sp³-hybridized carbons (Fsp3) is 0.467. The lowest BCUT2D eigenvalue weighted by Crippen LogP contribution is -2.34. The molecular formula is C15H19NO3S. The van der Waals surface area contributed by atoms with E-state index in [0.717, 1.165) is 11.3 Å². The summed E-state index contributed by atoms with van der Waals surface area (Å²) < 4.78 is 0. The van der Waals surface area contributed by atoms with Crippen molar-refractivity contribution in [2.45, 2.75) is 37.1 Å². The van der Waals surface area contributed by atoms with E-state index in [9.17, 15) is 9.59 Å². The molecule has 20 heavy (non-hydrogen) atoms. The summed E-state index contributed by atoms with van der Waals surface area (Å²) in [6, 6.07) is 8.07. The van der Waals surface area contributed by atoms with Crippen LogP contribution in [-0.4, -0.2) is 28.8 Å². The molecule has 2 atom stereocenters. The number of thioether (sulfide) groups is 1. The molecule has 108 valence electrons. The molecular weight excluding hydrogens is 274 g/mol. The number of amides is 1. The van der Waals surface area contributed by atoms with E-state index in [1.54, 1.807) is 0 Å². The van der Waals surface area contributed by atoms with Gasteiger partial charge in [0.2, 0.25) is 5.91 Å². The highest BCUT2D eigenvalue weighted by molar-refractivity contribution is 8.00. The first-order valence-corrected chi connectivity index (χ1v) is 7.75. The minimum atomic E-state index is -0.754. The van der Waals surface area contributed by atoms with E-state index in [0.29, 0.717) is 18.6 Å². The smallest absolute Gasteiger partial charge is 0.306 e. The number of carbonyl (C=O) groups excluding carboxylic acids is 1. The van der Waals surface area contributed by atoms with Crippen LogP contribution in [0.25, 0.3) is 0 Å². The van der Waals surface area contributed by atoms with E-state index >= 15 is 0 Å². The number of aliphatic carboxylic acids is 1. The second kappa shape index (κ2) is 6.79. The molecule has 1 amide bonds. The first-order chi connectivity index (χ1) is 9.54. The predicted molar refractivity (Wildman–Crippen MR) is 78.8 cm³/mol. The van der Waals surface area contributed by atoms with Crippen LogP contribution in [0.15, 0.2) is 29.2 Å². The molecule has 0 unspecified atom stereocenters. The summed E-state index contributed by atoms with van der Waals surface area (Å²) in [4.78, 5) is 23.8. The van der Waals surface area contributed by atoms with E-state index in [4.69, 9.17) is 5.11 Å². The molecule has 0 saturated heterocycles. The molecule has 1 aromatic carbocycles. The second-order valence-corrected chi connectivity index (χ2v) is 6.26. The van der Waals surface area contributed by atoms with Crippen molar-refractivity contribution < 1.29 is 14.7 Å². The van der Waals surface area contributed by atoms with Gasteiger partial charge in [0.25, 0.3) is 0 Å². The number of hydrogen-bond acceptors (Lipinski definition) is 3. The van der Waals surface area contributed by atoms with Gasteiger partial charge < -0.3 is 10.4 Å². The Morgan fingerprint density at radius 2 is 2.00 bits per heavy atom. The molecule has 1 aliphatic rings. The van der Waals surface area contributed by atoms with Gasteiger partial charge in [-0.15, -0.1) is 11.8 Å². The molecule has 0 radical (unpaired) electrons. The van der Waals surface area contributed by atoms with Crippen molar-refractivity contribution in [1.29, 1.82) is 0 Å². The maximum atomic E-state index is 11.8. The van der Waals surface area contributed by atoms with E-state index in [-0.39, 0.29) is 17.9 Å². The van der Waals surface area contributed by atoms with E-state index in [1.807, 2.05) is 31.2 Å². The number of carboxylic acid groups (broad SMARTS) is 1. The monoisotopic (exact) mass is 293 g/mol. The summed E-state index contributed by atoms with van der Waals surface area (Å²) >= 11 is 1.50. The molecule has 2 rings (SSSR count). The van der Waals surface area contributed by atoms with Gasteiger partial charge in [0.1, 0.15) is 0 Å².